The van der Waals surface area contributed by atoms with Gasteiger partial charge in [-0.1, -0.05) is 18.6 Å². The van der Waals surface area contributed by atoms with E-state index in [1.165, 1.54) is 30.5 Å². The normalized spacial score (nSPS) is 14.9. The molecule has 3 aromatic heterocycles. The van der Waals surface area contributed by atoms with Crippen LogP contribution in [0.4, 0.5) is 5.82 Å². The second-order valence-corrected chi connectivity index (χ2v) is 6.65. The molecule has 1 fully saturated rings. The highest BCUT2D eigenvalue weighted by Crippen LogP contribution is 2.38. The molecule has 1 saturated carbocycles. The molecule has 5 rings (SSSR count). The molecule has 126 valence electrons. The van der Waals surface area contributed by atoms with Crippen LogP contribution in [0, 0.1) is 0 Å². The Morgan fingerprint density at radius 3 is 2.96 bits per heavy atom. The third kappa shape index (κ3) is 2.28. The summed E-state index contributed by atoms with van der Waals surface area (Å²) in [6.07, 6.45) is 7.44. The van der Waals surface area contributed by atoms with Crippen molar-refractivity contribution in [1.29, 1.82) is 0 Å². The summed E-state index contributed by atoms with van der Waals surface area (Å²) in [5.74, 6) is 1.38. The molecule has 0 atom stereocenters. The van der Waals surface area contributed by atoms with Crippen LogP contribution in [-0.4, -0.2) is 19.7 Å². The molecular weight excluding hydrogens is 314 g/mol. The van der Waals surface area contributed by atoms with E-state index >= 15 is 0 Å². The second kappa shape index (κ2) is 5.58. The maximum absolute atomic E-state index is 5.98. The molecule has 0 aliphatic heterocycles. The van der Waals surface area contributed by atoms with Crippen molar-refractivity contribution in [2.24, 2.45) is 7.05 Å². The Morgan fingerprint density at radius 2 is 2.12 bits per heavy atom. The molecule has 1 aromatic carbocycles. The smallest absolute Gasteiger partial charge is 0.196 e. The molecule has 4 aromatic rings. The van der Waals surface area contributed by atoms with Crippen LogP contribution in [0.15, 0.2) is 41.2 Å². The standard InChI is InChI=1S/C19H19N5O/c1-24-15(14(9-23-24)12-5-4-6-12)10-20-19-18-17(21-11-22-19)13-7-2-3-8-16(13)25-18/h2-3,7-9,11-12H,4-6,10H2,1H3,(H,20,21,22). The lowest BCUT2D eigenvalue weighted by atomic mass is 9.80. The first-order chi connectivity index (χ1) is 12.3. The molecule has 25 heavy (non-hydrogen) atoms. The average molecular weight is 333 g/mol. The Balaban J connectivity index is 1.50. The Bertz CT molecular complexity index is 1060. The summed E-state index contributed by atoms with van der Waals surface area (Å²) < 4.78 is 7.94. The van der Waals surface area contributed by atoms with Gasteiger partial charge in [-0.25, -0.2) is 9.97 Å². The number of aryl methyl sites for hydroxylation is 1. The fourth-order valence-corrected chi connectivity index (χ4v) is 3.57. The molecular formula is C19H19N5O. The van der Waals surface area contributed by atoms with Gasteiger partial charge in [0.25, 0.3) is 0 Å². The summed E-state index contributed by atoms with van der Waals surface area (Å²) in [5, 5.41) is 8.89. The highest BCUT2D eigenvalue weighted by atomic mass is 16.3. The van der Waals surface area contributed by atoms with Crippen molar-refractivity contribution in [2.45, 2.75) is 31.7 Å². The molecule has 0 radical (unpaired) electrons. The summed E-state index contributed by atoms with van der Waals surface area (Å²) in [4.78, 5) is 8.79. The number of furan rings is 1. The zero-order chi connectivity index (χ0) is 16.8. The highest BCUT2D eigenvalue weighted by Gasteiger charge is 2.24. The number of nitrogens with one attached hydrogen (secondary N) is 1. The van der Waals surface area contributed by atoms with E-state index in [1.807, 2.05) is 42.2 Å². The van der Waals surface area contributed by atoms with Gasteiger partial charge in [0.2, 0.25) is 0 Å². The van der Waals surface area contributed by atoms with Gasteiger partial charge in [-0.15, -0.1) is 0 Å². The lowest BCUT2D eigenvalue weighted by Gasteiger charge is -2.25. The van der Waals surface area contributed by atoms with E-state index in [0.29, 0.717) is 18.0 Å². The van der Waals surface area contributed by atoms with Gasteiger partial charge >= 0.3 is 0 Å². The number of benzene rings is 1. The number of nitrogens with zero attached hydrogens (tertiary/aromatic N) is 4. The zero-order valence-corrected chi connectivity index (χ0v) is 14.1. The van der Waals surface area contributed by atoms with Crippen molar-refractivity contribution in [1.82, 2.24) is 19.7 Å². The quantitative estimate of drug-likeness (QED) is 0.611. The van der Waals surface area contributed by atoms with Gasteiger partial charge in [0, 0.05) is 12.4 Å². The number of aromatic nitrogens is 4. The zero-order valence-electron chi connectivity index (χ0n) is 14.1. The third-order valence-corrected chi connectivity index (χ3v) is 5.22. The molecule has 3 heterocycles. The molecule has 6 nitrogen and oxygen atoms in total. The predicted octanol–water partition coefficient (Wildman–Crippen LogP) is 3.99. The van der Waals surface area contributed by atoms with E-state index in [-0.39, 0.29) is 0 Å². The van der Waals surface area contributed by atoms with Crippen LogP contribution < -0.4 is 5.32 Å². The minimum atomic E-state index is 0.655. The minimum Gasteiger partial charge on any atom is -0.450 e. The average Bonchev–Trinajstić information content (AvgIpc) is 3.13. The Kier molecular flexibility index (Phi) is 3.23. The van der Waals surface area contributed by atoms with Gasteiger partial charge in [-0.05, 0) is 36.5 Å². The number of hydrogen-bond acceptors (Lipinski definition) is 5. The van der Waals surface area contributed by atoms with Gasteiger partial charge in [0.15, 0.2) is 11.4 Å². The van der Waals surface area contributed by atoms with Crippen molar-refractivity contribution < 1.29 is 4.42 Å². The number of fused-ring (bicyclic) bond motifs is 3. The Morgan fingerprint density at radius 1 is 1.24 bits per heavy atom. The second-order valence-electron chi connectivity index (χ2n) is 6.65. The first-order valence-electron chi connectivity index (χ1n) is 8.68. The van der Waals surface area contributed by atoms with Crippen molar-refractivity contribution >= 4 is 27.9 Å². The van der Waals surface area contributed by atoms with Crippen molar-refractivity contribution in [3.05, 3.63) is 48.0 Å². The number of hydrogen-bond donors (Lipinski definition) is 1. The van der Waals surface area contributed by atoms with Crippen LogP contribution in [0.2, 0.25) is 0 Å². The molecule has 0 amide bonds. The fourth-order valence-electron chi connectivity index (χ4n) is 3.57. The van der Waals surface area contributed by atoms with E-state index in [2.05, 4.69) is 20.4 Å². The first-order valence-corrected chi connectivity index (χ1v) is 8.68. The Hall–Kier alpha value is -2.89. The van der Waals surface area contributed by atoms with Crippen molar-refractivity contribution in [3.8, 4) is 0 Å². The molecule has 1 N–H and O–H groups in total. The van der Waals surface area contributed by atoms with Gasteiger partial charge in [0.05, 0.1) is 18.4 Å². The van der Waals surface area contributed by atoms with E-state index in [0.717, 1.165) is 22.3 Å². The van der Waals surface area contributed by atoms with E-state index in [9.17, 15) is 0 Å². The molecule has 0 spiro atoms. The van der Waals surface area contributed by atoms with E-state index in [1.54, 1.807) is 6.33 Å². The largest absolute Gasteiger partial charge is 0.450 e. The summed E-state index contributed by atoms with van der Waals surface area (Å²) in [5.41, 5.74) is 4.95. The van der Waals surface area contributed by atoms with Crippen molar-refractivity contribution in [2.75, 3.05) is 5.32 Å². The van der Waals surface area contributed by atoms with Crippen LogP contribution in [0.1, 0.15) is 36.4 Å². The summed E-state index contributed by atoms with van der Waals surface area (Å²) in [6.45, 7) is 0.672. The maximum atomic E-state index is 5.98. The molecule has 1 aliphatic rings. The van der Waals surface area contributed by atoms with Crippen LogP contribution in [0.5, 0.6) is 0 Å². The molecule has 0 bridgehead atoms. The molecule has 1 aliphatic carbocycles. The lowest BCUT2D eigenvalue weighted by molar-refractivity contribution is 0.417. The highest BCUT2D eigenvalue weighted by molar-refractivity contribution is 6.05. The molecule has 0 saturated heterocycles. The predicted molar refractivity (Wildman–Crippen MR) is 96.4 cm³/mol. The molecule has 6 heteroatoms. The monoisotopic (exact) mass is 333 g/mol. The Labute approximate surface area is 144 Å². The maximum Gasteiger partial charge on any atom is 0.196 e. The van der Waals surface area contributed by atoms with Crippen LogP contribution in [0.25, 0.3) is 22.1 Å². The number of anilines is 1. The van der Waals surface area contributed by atoms with Gasteiger partial charge in [0.1, 0.15) is 17.4 Å². The summed E-state index contributed by atoms with van der Waals surface area (Å²) in [7, 11) is 2.00. The van der Waals surface area contributed by atoms with E-state index in [4.69, 9.17) is 4.42 Å². The topological polar surface area (TPSA) is 68.8 Å². The van der Waals surface area contributed by atoms with Gasteiger partial charge in [-0.3, -0.25) is 4.68 Å². The lowest BCUT2D eigenvalue weighted by Crippen LogP contribution is -2.14. The summed E-state index contributed by atoms with van der Waals surface area (Å²) >= 11 is 0. The number of rotatable bonds is 4. The first kappa shape index (κ1) is 14.5. The van der Waals surface area contributed by atoms with Crippen molar-refractivity contribution in [3.63, 3.8) is 0 Å². The van der Waals surface area contributed by atoms with Crippen LogP contribution >= 0.6 is 0 Å². The van der Waals surface area contributed by atoms with E-state index < -0.39 is 0 Å². The SMILES string of the molecule is Cn1ncc(C2CCC2)c1CNc1ncnc2c1oc1ccccc12. The third-order valence-electron chi connectivity index (χ3n) is 5.22. The molecule has 0 unspecified atom stereocenters. The van der Waals surface area contributed by atoms with Gasteiger partial charge in [-0.2, -0.15) is 5.10 Å². The summed E-state index contributed by atoms with van der Waals surface area (Å²) in [6, 6.07) is 7.93. The van der Waals surface area contributed by atoms with Crippen LogP contribution in [-0.2, 0) is 13.6 Å². The number of para-hydroxylation sites is 1. The van der Waals surface area contributed by atoms with Crippen LogP contribution in [0.3, 0.4) is 0 Å². The minimum absolute atomic E-state index is 0.655. The fraction of sp³-hybridized carbons (Fsp3) is 0.316. The van der Waals surface area contributed by atoms with Gasteiger partial charge < -0.3 is 9.73 Å².